The molecule has 0 saturated carbocycles. The van der Waals surface area contributed by atoms with Crippen molar-refractivity contribution in [2.75, 3.05) is 7.05 Å². The van der Waals surface area contributed by atoms with Crippen molar-refractivity contribution in [2.45, 2.75) is 52.7 Å². The quantitative estimate of drug-likeness (QED) is 0.613. The number of ether oxygens (including phenoxy) is 1. The molecule has 1 N–H and O–H groups in total. The van der Waals surface area contributed by atoms with Crippen molar-refractivity contribution in [1.82, 2.24) is 19.9 Å². The lowest BCUT2D eigenvalue weighted by molar-refractivity contribution is 0.0194. The second kappa shape index (κ2) is 8.23. The third kappa shape index (κ3) is 5.13. The second-order valence-corrected chi connectivity index (χ2v) is 8.83. The molecule has 6 heteroatoms. The number of carbonyl (C=O) groups is 1. The van der Waals surface area contributed by atoms with Crippen LogP contribution in [-0.4, -0.2) is 38.6 Å². The zero-order valence-corrected chi connectivity index (χ0v) is 18.1. The molecule has 29 heavy (non-hydrogen) atoms. The summed E-state index contributed by atoms with van der Waals surface area (Å²) >= 11 is 0. The average molecular weight is 395 g/mol. The number of fused-ring (bicyclic) bond motifs is 1. The number of hydrogen-bond donors (Lipinski definition) is 1. The molecule has 154 valence electrons. The van der Waals surface area contributed by atoms with Gasteiger partial charge in [-0.2, -0.15) is 0 Å². The summed E-state index contributed by atoms with van der Waals surface area (Å²) in [6.45, 7) is 9.90. The first kappa shape index (κ1) is 20.8. The number of rotatable bonds is 5. The summed E-state index contributed by atoms with van der Waals surface area (Å²) in [5.74, 6) is 1.17. The Balaban J connectivity index is 1.94. The summed E-state index contributed by atoms with van der Waals surface area (Å²) in [5.41, 5.74) is 3.48. The van der Waals surface area contributed by atoms with E-state index in [4.69, 9.17) is 9.72 Å². The van der Waals surface area contributed by atoms with E-state index in [-0.39, 0.29) is 12.1 Å². The third-order valence-electron chi connectivity index (χ3n) is 4.67. The van der Waals surface area contributed by atoms with Crippen molar-refractivity contribution in [3.63, 3.8) is 0 Å². The van der Waals surface area contributed by atoms with E-state index in [0.717, 1.165) is 34.4 Å². The highest BCUT2D eigenvalue weighted by Crippen LogP contribution is 2.29. The highest BCUT2D eigenvalue weighted by Gasteiger charge is 2.29. The molecule has 6 nitrogen and oxygen atoms in total. The van der Waals surface area contributed by atoms with Crippen LogP contribution in [0.15, 0.2) is 42.7 Å². The molecule has 0 aliphatic rings. The monoisotopic (exact) mass is 394 g/mol. The van der Waals surface area contributed by atoms with Crippen LogP contribution in [0.3, 0.4) is 0 Å². The van der Waals surface area contributed by atoms with Crippen LogP contribution >= 0.6 is 0 Å². The van der Waals surface area contributed by atoms with E-state index in [0.29, 0.717) is 5.92 Å². The van der Waals surface area contributed by atoms with E-state index in [1.54, 1.807) is 24.3 Å². The van der Waals surface area contributed by atoms with Crippen LogP contribution in [0.1, 0.15) is 52.9 Å². The Morgan fingerprint density at radius 1 is 1.14 bits per heavy atom. The first-order valence-electron chi connectivity index (χ1n) is 10.00. The van der Waals surface area contributed by atoms with Gasteiger partial charge >= 0.3 is 6.09 Å². The molecular formula is C23H30N4O2. The van der Waals surface area contributed by atoms with Gasteiger partial charge in [0.05, 0.1) is 17.1 Å². The molecule has 0 aliphatic heterocycles. The minimum Gasteiger partial charge on any atom is -0.444 e. The molecule has 0 fully saturated rings. The van der Waals surface area contributed by atoms with E-state index < -0.39 is 5.60 Å². The van der Waals surface area contributed by atoms with Gasteiger partial charge in [-0.1, -0.05) is 19.9 Å². The summed E-state index contributed by atoms with van der Waals surface area (Å²) in [5, 5.41) is 0. The van der Waals surface area contributed by atoms with Crippen molar-refractivity contribution in [1.29, 1.82) is 0 Å². The molecular weight excluding hydrogens is 364 g/mol. The molecule has 0 radical (unpaired) electrons. The van der Waals surface area contributed by atoms with Crippen LogP contribution in [-0.2, 0) is 4.74 Å². The number of imidazole rings is 1. The summed E-state index contributed by atoms with van der Waals surface area (Å²) in [6, 6.07) is 9.91. The van der Waals surface area contributed by atoms with Gasteiger partial charge in [-0.15, -0.1) is 0 Å². The highest BCUT2D eigenvalue weighted by atomic mass is 16.6. The third-order valence-corrected chi connectivity index (χ3v) is 4.67. The molecule has 0 saturated heterocycles. The summed E-state index contributed by atoms with van der Waals surface area (Å²) in [6.07, 6.45) is 4.01. The zero-order valence-electron chi connectivity index (χ0n) is 18.1. The number of aromatic amines is 1. The lowest BCUT2D eigenvalue weighted by Gasteiger charge is -2.30. The topological polar surface area (TPSA) is 71.1 Å². The molecule has 0 bridgehead atoms. The Hall–Kier alpha value is -2.89. The smallest absolute Gasteiger partial charge is 0.410 e. The van der Waals surface area contributed by atoms with Crippen LogP contribution in [0.4, 0.5) is 4.79 Å². The van der Waals surface area contributed by atoms with Crippen LogP contribution in [0.5, 0.6) is 0 Å². The molecule has 0 spiro atoms. The van der Waals surface area contributed by atoms with E-state index in [1.165, 1.54) is 0 Å². The number of hydrogen-bond acceptors (Lipinski definition) is 4. The second-order valence-electron chi connectivity index (χ2n) is 8.83. The van der Waals surface area contributed by atoms with Gasteiger partial charge in [0.25, 0.3) is 0 Å². The van der Waals surface area contributed by atoms with Crippen LogP contribution in [0.25, 0.3) is 22.2 Å². The maximum Gasteiger partial charge on any atom is 0.410 e. The highest BCUT2D eigenvalue weighted by molar-refractivity contribution is 5.82. The number of pyridine rings is 1. The van der Waals surface area contributed by atoms with Crippen molar-refractivity contribution >= 4 is 17.1 Å². The standard InChI is InChI=1S/C23H30N4O2/c1-15(2)13-20(27(6)22(28)29-23(3,4)5)21-25-18-8-7-17(14-19(18)26-21)16-9-11-24-12-10-16/h7-12,14-15,20H,13H2,1-6H3,(H,25,26)/t20-/m1/s1. The minimum atomic E-state index is -0.541. The molecule has 0 aliphatic carbocycles. The fourth-order valence-corrected chi connectivity index (χ4v) is 3.27. The van der Waals surface area contributed by atoms with E-state index in [9.17, 15) is 4.79 Å². The predicted octanol–water partition coefficient (Wildman–Crippen LogP) is 5.58. The van der Waals surface area contributed by atoms with Gasteiger partial charge in [0.15, 0.2) is 0 Å². The normalized spacial score (nSPS) is 12.9. The van der Waals surface area contributed by atoms with Crippen molar-refractivity contribution in [3.05, 3.63) is 48.5 Å². The molecule has 1 aromatic carbocycles. The fraction of sp³-hybridized carbons (Fsp3) is 0.435. The Bertz CT molecular complexity index is 973. The predicted molar refractivity (Wildman–Crippen MR) is 116 cm³/mol. The van der Waals surface area contributed by atoms with Gasteiger partial charge in [-0.25, -0.2) is 9.78 Å². The molecule has 2 heterocycles. The van der Waals surface area contributed by atoms with Crippen LogP contribution in [0.2, 0.25) is 0 Å². The van der Waals surface area contributed by atoms with Gasteiger partial charge < -0.3 is 14.6 Å². The minimum absolute atomic E-state index is 0.193. The molecule has 3 aromatic rings. The molecule has 1 atom stereocenters. The summed E-state index contributed by atoms with van der Waals surface area (Å²) in [4.78, 5) is 26.6. The number of carbonyl (C=O) groups excluding carboxylic acids is 1. The maximum atomic E-state index is 12.7. The van der Waals surface area contributed by atoms with Crippen LogP contribution in [0, 0.1) is 5.92 Å². The Kier molecular flexibility index (Phi) is 5.91. The van der Waals surface area contributed by atoms with Gasteiger partial charge in [-0.05, 0) is 68.5 Å². The Morgan fingerprint density at radius 3 is 2.45 bits per heavy atom. The largest absolute Gasteiger partial charge is 0.444 e. The number of nitrogens with zero attached hydrogens (tertiary/aromatic N) is 3. The zero-order chi connectivity index (χ0) is 21.2. The number of amides is 1. The molecule has 2 aromatic heterocycles. The Morgan fingerprint density at radius 2 is 1.83 bits per heavy atom. The number of H-pyrrole nitrogens is 1. The number of benzene rings is 1. The summed E-state index contributed by atoms with van der Waals surface area (Å²) in [7, 11) is 1.77. The first-order chi connectivity index (χ1) is 13.6. The van der Waals surface area contributed by atoms with E-state index in [2.05, 4.69) is 35.9 Å². The fourth-order valence-electron chi connectivity index (χ4n) is 3.27. The number of nitrogens with one attached hydrogen (secondary N) is 1. The average Bonchev–Trinajstić information content (AvgIpc) is 3.07. The SMILES string of the molecule is CC(C)C[C@H](c1nc2ccc(-c3ccncc3)cc2[nH]1)N(C)C(=O)OC(C)(C)C. The Labute approximate surface area is 172 Å². The van der Waals surface area contributed by atoms with E-state index >= 15 is 0 Å². The number of aromatic nitrogens is 3. The lowest BCUT2D eigenvalue weighted by atomic mass is 10.0. The summed E-state index contributed by atoms with van der Waals surface area (Å²) < 4.78 is 5.57. The van der Waals surface area contributed by atoms with E-state index in [1.807, 2.05) is 39.0 Å². The first-order valence-corrected chi connectivity index (χ1v) is 10.00. The van der Waals surface area contributed by atoms with Gasteiger partial charge in [0.2, 0.25) is 0 Å². The lowest BCUT2D eigenvalue weighted by Crippen LogP contribution is -2.37. The molecule has 1 amide bonds. The van der Waals surface area contributed by atoms with Gasteiger partial charge in [0, 0.05) is 19.4 Å². The molecule has 3 rings (SSSR count). The van der Waals surface area contributed by atoms with Crippen molar-refractivity contribution in [3.8, 4) is 11.1 Å². The molecule has 0 unspecified atom stereocenters. The maximum absolute atomic E-state index is 12.7. The van der Waals surface area contributed by atoms with Gasteiger partial charge in [0.1, 0.15) is 11.4 Å². The van der Waals surface area contributed by atoms with Crippen molar-refractivity contribution < 1.29 is 9.53 Å². The van der Waals surface area contributed by atoms with Crippen molar-refractivity contribution in [2.24, 2.45) is 5.92 Å². The van der Waals surface area contributed by atoms with Gasteiger partial charge in [-0.3, -0.25) is 4.98 Å². The van der Waals surface area contributed by atoms with Crippen LogP contribution < -0.4 is 0 Å².